The van der Waals surface area contributed by atoms with Crippen LogP contribution in [0.15, 0.2) is 41.2 Å². The summed E-state index contributed by atoms with van der Waals surface area (Å²) >= 11 is 12.0. The van der Waals surface area contributed by atoms with Gasteiger partial charge in [0.15, 0.2) is 0 Å². The maximum Gasteiger partial charge on any atom is 0.333 e. The molecule has 2 N–H and O–H groups in total. The Hall–Kier alpha value is -1.57. The molecule has 0 amide bonds. The van der Waals surface area contributed by atoms with Gasteiger partial charge in [0.05, 0.1) is 32.6 Å². The predicted octanol–water partition coefficient (Wildman–Crippen LogP) is 4.06. The van der Waals surface area contributed by atoms with Crippen LogP contribution in [-0.2, 0) is 9.59 Å². The lowest BCUT2D eigenvalue weighted by Crippen LogP contribution is -2.28. The first-order valence-electron chi connectivity index (χ1n) is 6.05. The van der Waals surface area contributed by atoms with Crippen LogP contribution in [0.2, 0.25) is 10.0 Å². The topological polar surface area (TPSA) is 77.8 Å². The molecule has 0 fully saturated rings. The normalized spacial score (nSPS) is 14.2. The number of benzene rings is 1. The van der Waals surface area contributed by atoms with Crippen LogP contribution in [-0.4, -0.2) is 28.8 Å². The summed E-state index contributed by atoms with van der Waals surface area (Å²) in [5.74, 6) is -2.68. The Morgan fingerprint density at radius 1 is 1.22 bits per heavy atom. The van der Waals surface area contributed by atoms with E-state index in [2.05, 4.69) is 0 Å². The molecule has 2 rings (SSSR count). The minimum absolute atomic E-state index is 0. The Balaban J connectivity index is 0.00000264. The first kappa shape index (κ1) is 19.5. The summed E-state index contributed by atoms with van der Waals surface area (Å²) in [5, 5.41) is 18.6. The highest BCUT2D eigenvalue weighted by atomic mass is 79.9. The number of nitrogens with zero attached hydrogens (tertiary/aromatic N) is 1. The number of allylic oxidation sites excluding steroid dienone is 1. The van der Waals surface area contributed by atoms with E-state index < -0.39 is 18.6 Å². The van der Waals surface area contributed by atoms with Crippen molar-refractivity contribution >= 4 is 57.8 Å². The molecular weight excluding hydrogens is 416 g/mol. The molecule has 0 saturated carbocycles. The number of hydrogen-bond acceptors (Lipinski definition) is 3. The van der Waals surface area contributed by atoms with Crippen LogP contribution in [0.5, 0.6) is 0 Å². The van der Waals surface area contributed by atoms with Crippen molar-refractivity contribution in [3.05, 3.63) is 51.3 Å². The van der Waals surface area contributed by atoms with E-state index >= 15 is 0 Å². The van der Waals surface area contributed by atoms with E-state index in [4.69, 9.17) is 28.3 Å². The van der Waals surface area contributed by atoms with Crippen molar-refractivity contribution in [2.75, 3.05) is 11.6 Å². The number of aliphatic carboxylic acids is 2. The van der Waals surface area contributed by atoms with E-state index in [9.17, 15) is 19.1 Å². The van der Waals surface area contributed by atoms with Crippen LogP contribution in [0.1, 0.15) is 6.42 Å². The van der Waals surface area contributed by atoms with E-state index in [0.29, 0.717) is 0 Å². The number of carbonyl (C=O) groups is 2. The second kappa shape index (κ2) is 7.81. The molecule has 0 atom stereocenters. The van der Waals surface area contributed by atoms with E-state index in [1.807, 2.05) is 0 Å². The smallest absolute Gasteiger partial charge is 0.333 e. The van der Waals surface area contributed by atoms with Crippen molar-refractivity contribution < 1.29 is 24.2 Å². The number of halogens is 4. The van der Waals surface area contributed by atoms with E-state index in [1.165, 1.54) is 12.1 Å². The largest absolute Gasteiger partial charge is 0.478 e. The average Bonchev–Trinajstić information content (AvgIpc) is 2.48. The van der Waals surface area contributed by atoms with Gasteiger partial charge < -0.3 is 15.1 Å². The molecule has 23 heavy (non-hydrogen) atoms. The lowest BCUT2D eigenvalue weighted by Gasteiger charge is -2.29. The Labute approximate surface area is 151 Å². The van der Waals surface area contributed by atoms with Crippen LogP contribution in [0.4, 0.5) is 10.1 Å². The summed E-state index contributed by atoms with van der Waals surface area (Å²) in [6, 6.07) is 4.55. The summed E-state index contributed by atoms with van der Waals surface area (Å²) in [6.45, 7) is -1.09. The van der Waals surface area contributed by atoms with E-state index in [1.54, 1.807) is 6.07 Å². The fraction of sp³-hybridized carbons (Fsp3) is 0.143. The zero-order valence-corrected chi connectivity index (χ0v) is 14.6. The highest BCUT2D eigenvalue weighted by Gasteiger charge is 2.29. The molecule has 1 aromatic rings. The van der Waals surface area contributed by atoms with E-state index in [-0.39, 0.29) is 56.0 Å². The minimum atomic E-state index is -1.39. The van der Waals surface area contributed by atoms with E-state index in [0.717, 1.165) is 11.1 Å². The molecule has 9 heteroatoms. The monoisotopic (exact) mass is 425 g/mol. The Bertz CT molecular complexity index is 721. The molecule has 0 radical (unpaired) electrons. The standard InChI is InChI=1S/C14H10Cl2FNO4.BrH/c15-9-2-1-3-10(12(9)16)18-6-7(13(19)20)4-8(14(21)22)11(18)5-17;/h1-3,6H,4-5H2,(H,19,20)(H,21,22);1H. The van der Waals surface area contributed by atoms with Gasteiger partial charge in [-0.1, -0.05) is 29.3 Å². The quantitative estimate of drug-likeness (QED) is 0.759. The first-order chi connectivity index (χ1) is 10.4. The minimum Gasteiger partial charge on any atom is -0.478 e. The molecular formula is C14H11BrCl2FNO4. The van der Waals surface area contributed by atoms with Crippen molar-refractivity contribution in [2.24, 2.45) is 0 Å². The predicted molar refractivity (Wildman–Crippen MR) is 90.2 cm³/mol. The molecule has 0 unspecified atom stereocenters. The number of alkyl halides is 1. The fourth-order valence-electron chi connectivity index (χ4n) is 2.09. The zero-order chi connectivity index (χ0) is 16.4. The number of carboxylic acid groups (broad SMARTS) is 2. The van der Waals surface area contributed by atoms with Gasteiger partial charge in [-0.25, -0.2) is 14.0 Å². The Morgan fingerprint density at radius 2 is 1.87 bits per heavy atom. The molecule has 124 valence electrons. The van der Waals surface area contributed by atoms with Crippen LogP contribution in [0.25, 0.3) is 0 Å². The number of anilines is 1. The summed E-state index contributed by atoms with van der Waals surface area (Å²) in [7, 11) is 0. The van der Waals surface area contributed by atoms with Gasteiger partial charge in [-0.3, -0.25) is 0 Å². The van der Waals surface area contributed by atoms with Crippen molar-refractivity contribution in [1.29, 1.82) is 0 Å². The lowest BCUT2D eigenvalue weighted by molar-refractivity contribution is -0.133. The SMILES string of the molecule is Br.O=C(O)C1=CN(c2cccc(Cl)c2Cl)C(CF)=C(C(=O)O)C1. The van der Waals surface area contributed by atoms with Crippen molar-refractivity contribution in [2.45, 2.75) is 6.42 Å². The maximum absolute atomic E-state index is 13.4. The van der Waals surface area contributed by atoms with Crippen LogP contribution in [0.3, 0.4) is 0 Å². The second-order valence-corrected chi connectivity index (χ2v) is 5.23. The van der Waals surface area contributed by atoms with Crippen LogP contribution < -0.4 is 4.90 Å². The van der Waals surface area contributed by atoms with Gasteiger partial charge in [0.1, 0.15) is 6.67 Å². The molecule has 0 saturated heterocycles. The van der Waals surface area contributed by atoms with Gasteiger partial charge in [0, 0.05) is 12.6 Å². The fourth-order valence-corrected chi connectivity index (χ4v) is 2.47. The third-order valence-corrected chi connectivity index (χ3v) is 3.95. The lowest BCUT2D eigenvalue weighted by atomic mass is 9.99. The van der Waals surface area contributed by atoms with Gasteiger partial charge >= 0.3 is 11.9 Å². The van der Waals surface area contributed by atoms with Gasteiger partial charge in [-0.15, -0.1) is 17.0 Å². The molecule has 5 nitrogen and oxygen atoms in total. The zero-order valence-electron chi connectivity index (χ0n) is 11.4. The second-order valence-electron chi connectivity index (χ2n) is 4.44. The van der Waals surface area contributed by atoms with Gasteiger partial charge in [-0.05, 0) is 12.1 Å². The third-order valence-electron chi connectivity index (χ3n) is 3.14. The van der Waals surface area contributed by atoms with Crippen LogP contribution in [0, 0.1) is 0 Å². The number of rotatable bonds is 4. The summed E-state index contributed by atoms with van der Waals surface area (Å²) in [5.41, 5.74) is -0.496. The first-order valence-corrected chi connectivity index (χ1v) is 6.81. The number of carboxylic acids is 2. The highest BCUT2D eigenvalue weighted by molar-refractivity contribution is 8.93. The van der Waals surface area contributed by atoms with Gasteiger partial charge in [0.25, 0.3) is 0 Å². The molecule has 1 aliphatic rings. The van der Waals surface area contributed by atoms with Crippen molar-refractivity contribution in [3.8, 4) is 0 Å². The summed E-state index contributed by atoms with van der Waals surface area (Å²) < 4.78 is 13.4. The van der Waals surface area contributed by atoms with Crippen LogP contribution >= 0.6 is 40.2 Å². The maximum atomic E-state index is 13.4. The van der Waals surface area contributed by atoms with Crippen molar-refractivity contribution in [1.82, 2.24) is 0 Å². The third kappa shape index (κ3) is 3.85. The Morgan fingerprint density at radius 3 is 2.39 bits per heavy atom. The molecule has 1 aliphatic heterocycles. The van der Waals surface area contributed by atoms with Gasteiger partial charge in [0.2, 0.25) is 0 Å². The van der Waals surface area contributed by atoms with Gasteiger partial charge in [-0.2, -0.15) is 0 Å². The molecule has 1 heterocycles. The molecule has 1 aromatic carbocycles. The van der Waals surface area contributed by atoms with Crippen molar-refractivity contribution in [3.63, 3.8) is 0 Å². The number of hydrogen-bond donors (Lipinski definition) is 2. The average molecular weight is 427 g/mol. The molecule has 0 spiro atoms. The summed E-state index contributed by atoms with van der Waals surface area (Å²) in [4.78, 5) is 23.6. The Kier molecular flexibility index (Phi) is 6.61. The molecule has 0 aliphatic carbocycles. The highest BCUT2D eigenvalue weighted by Crippen LogP contribution is 2.38. The molecule has 0 bridgehead atoms. The summed E-state index contributed by atoms with van der Waals surface area (Å²) in [6.07, 6.45) is 0.778. The molecule has 0 aromatic heterocycles.